The number of nitrogens with two attached hydrogens (primary N) is 1. The normalized spacial score (nSPS) is 9.40. The second kappa shape index (κ2) is 5.31. The van der Waals surface area contributed by atoms with Crippen LogP contribution in [0.15, 0.2) is 24.3 Å². The second-order valence-corrected chi connectivity index (χ2v) is 3.31. The number of anilines is 1. The third kappa shape index (κ3) is 3.55. The van der Waals surface area contributed by atoms with Gasteiger partial charge in [-0.05, 0) is 24.3 Å². The van der Waals surface area contributed by atoms with E-state index < -0.39 is 0 Å². The van der Waals surface area contributed by atoms with Gasteiger partial charge in [0.2, 0.25) is 0 Å². The van der Waals surface area contributed by atoms with Crippen molar-refractivity contribution >= 4 is 28.9 Å². The summed E-state index contributed by atoms with van der Waals surface area (Å²) in [5.74, 6) is -0.312. The number of benzene rings is 1. The minimum absolute atomic E-state index is 0.142. The Morgan fingerprint density at radius 1 is 1.47 bits per heavy atom. The summed E-state index contributed by atoms with van der Waals surface area (Å²) in [7, 11) is 1.35. The van der Waals surface area contributed by atoms with Crippen LogP contribution in [0.4, 0.5) is 5.69 Å². The van der Waals surface area contributed by atoms with E-state index in [1.54, 1.807) is 24.3 Å². The summed E-state index contributed by atoms with van der Waals surface area (Å²) in [6.45, 7) is 0.142. The van der Waals surface area contributed by atoms with Gasteiger partial charge in [-0.3, -0.25) is 4.79 Å². The summed E-state index contributed by atoms with van der Waals surface area (Å²) >= 11 is 4.81. The number of carbonyl (C=O) groups is 1. The van der Waals surface area contributed by atoms with Crippen LogP contribution in [0, 0.1) is 0 Å². The number of esters is 1. The van der Waals surface area contributed by atoms with Gasteiger partial charge in [-0.25, -0.2) is 0 Å². The first-order valence-electron chi connectivity index (χ1n) is 4.34. The summed E-state index contributed by atoms with van der Waals surface area (Å²) in [6.07, 6.45) is 0. The van der Waals surface area contributed by atoms with Crippen LogP contribution in [-0.4, -0.2) is 24.6 Å². The van der Waals surface area contributed by atoms with Crippen molar-refractivity contribution in [1.29, 1.82) is 0 Å². The molecule has 0 radical (unpaired) electrons. The molecule has 1 aromatic rings. The Balaban J connectivity index is 2.57. The number of ether oxygens (including phenoxy) is 1. The average molecular weight is 224 g/mol. The van der Waals surface area contributed by atoms with E-state index in [9.17, 15) is 4.79 Å². The first kappa shape index (κ1) is 11.5. The lowest BCUT2D eigenvalue weighted by Gasteiger charge is -2.05. The maximum atomic E-state index is 10.8. The van der Waals surface area contributed by atoms with Gasteiger partial charge in [0.25, 0.3) is 0 Å². The molecule has 0 aliphatic carbocycles. The van der Waals surface area contributed by atoms with Crippen molar-refractivity contribution in [3.8, 4) is 0 Å². The maximum Gasteiger partial charge on any atom is 0.325 e. The van der Waals surface area contributed by atoms with Crippen LogP contribution in [0.25, 0.3) is 0 Å². The van der Waals surface area contributed by atoms with Gasteiger partial charge in [0.05, 0.1) is 7.11 Å². The fourth-order valence-electron chi connectivity index (χ4n) is 0.999. The Morgan fingerprint density at radius 2 is 2.07 bits per heavy atom. The van der Waals surface area contributed by atoms with Crippen LogP contribution in [0.2, 0.25) is 0 Å². The van der Waals surface area contributed by atoms with E-state index in [0.29, 0.717) is 4.99 Å². The quantitative estimate of drug-likeness (QED) is 0.588. The van der Waals surface area contributed by atoms with E-state index in [2.05, 4.69) is 10.1 Å². The minimum atomic E-state index is -0.312. The lowest BCUT2D eigenvalue weighted by molar-refractivity contribution is -0.138. The fraction of sp³-hybridized carbons (Fsp3) is 0.200. The molecular weight excluding hydrogens is 212 g/mol. The number of rotatable bonds is 4. The maximum absolute atomic E-state index is 10.8. The predicted octanol–water partition coefficient (Wildman–Crippen LogP) is 0.906. The van der Waals surface area contributed by atoms with E-state index in [1.807, 2.05) is 0 Å². The molecule has 0 unspecified atom stereocenters. The molecule has 5 heteroatoms. The number of methoxy groups -OCH3 is 1. The molecule has 4 nitrogen and oxygen atoms in total. The van der Waals surface area contributed by atoms with Crippen LogP contribution in [0.1, 0.15) is 5.56 Å². The number of nitrogens with one attached hydrogen (secondary N) is 1. The number of hydrogen-bond donors (Lipinski definition) is 2. The van der Waals surface area contributed by atoms with Crippen molar-refractivity contribution in [2.24, 2.45) is 5.73 Å². The van der Waals surface area contributed by atoms with Crippen LogP contribution in [0.5, 0.6) is 0 Å². The van der Waals surface area contributed by atoms with E-state index in [-0.39, 0.29) is 12.5 Å². The molecule has 0 saturated carbocycles. The molecule has 1 aromatic carbocycles. The zero-order valence-corrected chi connectivity index (χ0v) is 9.14. The average Bonchev–Trinajstić information content (AvgIpc) is 2.26. The molecule has 0 heterocycles. The van der Waals surface area contributed by atoms with E-state index >= 15 is 0 Å². The summed E-state index contributed by atoms with van der Waals surface area (Å²) in [4.78, 5) is 11.2. The first-order valence-corrected chi connectivity index (χ1v) is 4.75. The zero-order chi connectivity index (χ0) is 11.3. The number of thiocarbonyl (C=S) groups is 1. The summed E-state index contributed by atoms with van der Waals surface area (Å²) in [6, 6.07) is 7.19. The molecule has 0 amide bonds. The third-order valence-electron chi connectivity index (χ3n) is 1.83. The summed E-state index contributed by atoms with van der Waals surface area (Å²) in [5, 5.41) is 2.90. The largest absolute Gasteiger partial charge is 0.468 e. The Labute approximate surface area is 93.4 Å². The molecule has 3 N–H and O–H groups in total. The molecule has 15 heavy (non-hydrogen) atoms. The Bertz CT molecular complexity index is 362. The highest BCUT2D eigenvalue weighted by Gasteiger charge is 2.00. The Hall–Kier alpha value is -1.62. The first-order chi connectivity index (χ1) is 7.13. The molecule has 1 rings (SSSR count). The summed E-state index contributed by atoms with van der Waals surface area (Å²) in [5.41, 5.74) is 7.06. The van der Waals surface area contributed by atoms with Crippen molar-refractivity contribution in [2.75, 3.05) is 19.0 Å². The van der Waals surface area contributed by atoms with Gasteiger partial charge in [-0.1, -0.05) is 12.2 Å². The van der Waals surface area contributed by atoms with Crippen molar-refractivity contribution in [3.63, 3.8) is 0 Å². The van der Waals surface area contributed by atoms with Gasteiger partial charge < -0.3 is 15.8 Å². The van der Waals surface area contributed by atoms with Crippen LogP contribution in [0.3, 0.4) is 0 Å². The van der Waals surface area contributed by atoms with Crippen molar-refractivity contribution < 1.29 is 9.53 Å². The Kier molecular flexibility index (Phi) is 4.05. The number of hydrogen-bond acceptors (Lipinski definition) is 4. The summed E-state index contributed by atoms with van der Waals surface area (Å²) < 4.78 is 4.49. The Morgan fingerprint density at radius 3 is 2.53 bits per heavy atom. The van der Waals surface area contributed by atoms with Crippen LogP contribution < -0.4 is 11.1 Å². The highest BCUT2D eigenvalue weighted by atomic mass is 32.1. The number of carbonyl (C=O) groups excluding carboxylic acids is 1. The van der Waals surface area contributed by atoms with Gasteiger partial charge >= 0.3 is 5.97 Å². The molecule has 0 atom stereocenters. The lowest BCUT2D eigenvalue weighted by atomic mass is 10.2. The molecule has 0 aromatic heterocycles. The molecular formula is C10H12N2O2S. The van der Waals surface area contributed by atoms with Gasteiger partial charge in [-0.15, -0.1) is 0 Å². The van der Waals surface area contributed by atoms with Crippen molar-refractivity contribution in [3.05, 3.63) is 29.8 Å². The van der Waals surface area contributed by atoms with Gasteiger partial charge in [0.1, 0.15) is 11.5 Å². The molecule has 0 saturated heterocycles. The minimum Gasteiger partial charge on any atom is -0.468 e. The molecule has 0 fully saturated rings. The van der Waals surface area contributed by atoms with Crippen LogP contribution >= 0.6 is 12.2 Å². The molecule has 80 valence electrons. The lowest BCUT2D eigenvalue weighted by Crippen LogP contribution is -2.15. The highest BCUT2D eigenvalue weighted by Crippen LogP contribution is 2.08. The monoisotopic (exact) mass is 224 g/mol. The van der Waals surface area contributed by atoms with Gasteiger partial charge in [0.15, 0.2) is 0 Å². The fourth-order valence-corrected chi connectivity index (χ4v) is 1.13. The molecule has 0 aliphatic rings. The van der Waals surface area contributed by atoms with E-state index in [0.717, 1.165) is 11.3 Å². The predicted molar refractivity (Wildman–Crippen MR) is 62.8 cm³/mol. The highest BCUT2D eigenvalue weighted by molar-refractivity contribution is 7.80. The van der Waals surface area contributed by atoms with Gasteiger partial charge in [-0.2, -0.15) is 0 Å². The van der Waals surface area contributed by atoms with Crippen molar-refractivity contribution in [2.45, 2.75) is 0 Å². The molecule has 0 spiro atoms. The van der Waals surface area contributed by atoms with E-state index in [4.69, 9.17) is 18.0 Å². The van der Waals surface area contributed by atoms with Crippen molar-refractivity contribution in [1.82, 2.24) is 0 Å². The third-order valence-corrected chi connectivity index (χ3v) is 2.07. The zero-order valence-electron chi connectivity index (χ0n) is 8.32. The van der Waals surface area contributed by atoms with Crippen LogP contribution in [-0.2, 0) is 9.53 Å². The smallest absolute Gasteiger partial charge is 0.325 e. The molecule has 0 aliphatic heterocycles. The molecule has 0 bridgehead atoms. The second-order valence-electron chi connectivity index (χ2n) is 2.87. The SMILES string of the molecule is COC(=O)CNc1ccc(C(N)=S)cc1. The van der Waals surface area contributed by atoms with Gasteiger partial charge in [0, 0.05) is 11.3 Å². The van der Waals surface area contributed by atoms with E-state index in [1.165, 1.54) is 7.11 Å². The topological polar surface area (TPSA) is 64.3 Å². The standard InChI is InChI=1S/C10H12N2O2S/c1-14-9(13)6-12-8-4-2-7(3-5-8)10(11)15/h2-5,12H,6H2,1H3,(H2,11,15).